The summed E-state index contributed by atoms with van der Waals surface area (Å²) in [5.41, 5.74) is 4.29. The van der Waals surface area contributed by atoms with E-state index in [9.17, 15) is 0 Å². The third-order valence-electron chi connectivity index (χ3n) is 4.09. The molecule has 1 aliphatic heterocycles. The largest absolute Gasteiger partial charge is 0.285 e. The molecule has 1 unspecified atom stereocenters. The van der Waals surface area contributed by atoms with Gasteiger partial charge in [0.05, 0.1) is 6.54 Å². The van der Waals surface area contributed by atoms with Crippen LogP contribution in [0, 0.1) is 12.3 Å². The predicted octanol–water partition coefficient (Wildman–Crippen LogP) is 3.46. The van der Waals surface area contributed by atoms with Gasteiger partial charge < -0.3 is 0 Å². The fourth-order valence-corrected chi connectivity index (χ4v) is 3.09. The van der Waals surface area contributed by atoms with Crippen LogP contribution in [0.5, 0.6) is 0 Å². The Morgan fingerprint density at radius 3 is 2.60 bits per heavy atom. The van der Waals surface area contributed by atoms with Gasteiger partial charge in [0.15, 0.2) is 0 Å². The highest BCUT2D eigenvalue weighted by atomic mass is 15.2. The van der Waals surface area contributed by atoms with E-state index in [1.54, 1.807) is 0 Å². The molecule has 0 aromatic heterocycles. The Balaban J connectivity index is 1.93. The van der Waals surface area contributed by atoms with Crippen LogP contribution in [0.25, 0.3) is 0 Å². The Morgan fingerprint density at radius 2 is 1.80 bits per heavy atom. The van der Waals surface area contributed by atoms with Crippen molar-refractivity contribution in [1.29, 1.82) is 0 Å². The molecule has 0 aliphatic carbocycles. The van der Waals surface area contributed by atoms with E-state index < -0.39 is 0 Å². The van der Waals surface area contributed by atoms with E-state index >= 15 is 0 Å². The predicted molar refractivity (Wildman–Crippen MR) is 83.4 cm³/mol. The Morgan fingerprint density at radius 1 is 1.05 bits per heavy atom. The number of benzene rings is 2. The summed E-state index contributed by atoms with van der Waals surface area (Å²) in [5, 5.41) is 0. The molecular formula is C19H19N. The summed E-state index contributed by atoms with van der Waals surface area (Å²) in [6.45, 7) is 1.78. The van der Waals surface area contributed by atoms with Gasteiger partial charge in [0.25, 0.3) is 0 Å². The van der Waals surface area contributed by atoms with Gasteiger partial charge in [0.1, 0.15) is 0 Å². The molecule has 1 aliphatic rings. The van der Waals surface area contributed by atoms with Crippen molar-refractivity contribution in [2.75, 3.05) is 13.1 Å². The first kappa shape index (κ1) is 13.0. The van der Waals surface area contributed by atoms with E-state index in [0.717, 1.165) is 25.9 Å². The minimum atomic E-state index is 0.401. The molecule has 2 aromatic carbocycles. The molecule has 0 fully saturated rings. The standard InChI is InChI=1S/C19H19N/c1-2-13-20-14-12-17-10-6-7-11-18(17)19(20)15-16-8-4-3-5-9-16/h1,3-11,19H,12-15H2. The lowest BCUT2D eigenvalue weighted by Crippen LogP contribution is -2.36. The minimum Gasteiger partial charge on any atom is -0.285 e. The number of nitrogens with zero attached hydrogens (tertiary/aromatic N) is 1. The maximum Gasteiger partial charge on any atom is 0.0604 e. The lowest BCUT2D eigenvalue weighted by Gasteiger charge is -2.36. The Labute approximate surface area is 121 Å². The number of terminal acetylenes is 1. The van der Waals surface area contributed by atoms with Crippen molar-refractivity contribution in [1.82, 2.24) is 4.90 Å². The number of hydrogen-bond acceptors (Lipinski definition) is 1. The number of hydrogen-bond donors (Lipinski definition) is 0. The van der Waals surface area contributed by atoms with Crippen LogP contribution in [0.1, 0.15) is 22.7 Å². The summed E-state index contributed by atoms with van der Waals surface area (Å²) in [6.07, 6.45) is 7.67. The van der Waals surface area contributed by atoms with E-state index in [1.807, 2.05) is 0 Å². The summed E-state index contributed by atoms with van der Waals surface area (Å²) in [4.78, 5) is 2.43. The smallest absolute Gasteiger partial charge is 0.0604 e. The minimum absolute atomic E-state index is 0.401. The van der Waals surface area contributed by atoms with Crippen molar-refractivity contribution < 1.29 is 0 Å². The van der Waals surface area contributed by atoms with Crippen molar-refractivity contribution >= 4 is 0 Å². The molecule has 1 atom stereocenters. The molecule has 2 aromatic rings. The zero-order chi connectivity index (χ0) is 13.8. The van der Waals surface area contributed by atoms with Gasteiger partial charge in [-0.05, 0) is 29.5 Å². The quantitative estimate of drug-likeness (QED) is 0.765. The first-order valence-corrected chi connectivity index (χ1v) is 7.17. The highest BCUT2D eigenvalue weighted by Crippen LogP contribution is 2.32. The maximum absolute atomic E-state index is 5.54. The summed E-state index contributed by atoms with van der Waals surface area (Å²) >= 11 is 0. The fraction of sp³-hybridized carbons (Fsp3) is 0.263. The highest BCUT2D eigenvalue weighted by molar-refractivity contribution is 5.34. The number of rotatable bonds is 3. The van der Waals surface area contributed by atoms with Gasteiger partial charge in [-0.2, -0.15) is 0 Å². The van der Waals surface area contributed by atoms with E-state index in [4.69, 9.17) is 6.42 Å². The topological polar surface area (TPSA) is 3.24 Å². The van der Waals surface area contributed by atoms with Gasteiger partial charge >= 0.3 is 0 Å². The third kappa shape index (κ3) is 2.61. The average molecular weight is 261 g/mol. The van der Waals surface area contributed by atoms with Crippen LogP contribution in [-0.2, 0) is 12.8 Å². The molecule has 0 radical (unpaired) electrons. The van der Waals surface area contributed by atoms with Crippen LogP contribution < -0.4 is 0 Å². The van der Waals surface area contributed by atoms with Crippen LogP contribution in [0.4, 0.5) is 0 Å². The van der Waals surface area contributed by atoms with Crippen molar-refractivity contribution in [3.05, 3.63) is 71.3 Å². The molecule has 1 nitrogen and oxygen atoms in total. The fourth-order valence-electron chi connectivity index (χ4n) is 3.09. The van der Waals surface area contributed by atoms with Gasteiger partial charge in [-0.1, -0.05) is 60.5 Å². The van der Waals surface area contributed by atoms with Crippen molar-refractivity contribution in [3.8, 4) is 12.3 Å². The second-order valence-electron chi connectivity index (χ2n) is 5.33. The van der Waals surface area contributed by atoms with Crippen LogP contribution in [0.2, 0.25) is 0 Å². The first-order chi connectivity index (χ1) is 9.88. The third-order valence-corrected chi connectivity index (χ3v) is 4.09. The van der Waals surface area contributed by atoms with Gasteiger partial charge in [0.2, 0.25) is 0 Å². The molecule has 0 spiro atoms. The molecular weight excluding hydrogens is 242 g/mol. The molecule has 0 saturated heterocycles. The van der Waals surface area contributed by atoms with Crippen molar-refractivity contribution in [2.24, 2.45) is 0 Å². The monoisotopic (exact) mass is 261 g/mol. The van der Waals surface area contributed by atoms with Crippen LogP contribution >= 0.6 is 0 Å². The second-order valence-corrected chi connectivity index (χ2v) is 5.33. The summed E-state index contributed by atoms with van der Waals surface area (Å²) < 4.78 is 0. The van der Waals surface area contributed by atoms with Crippen molar-refractivity contribution in [2.45, 2.75) is 18.9 Å². The maximum atomic E-state index is 5.54. The zero-order valence-corrected chi connectivity index (χ0v) is 11.6. The van der Waals surface area contributed by atoms with Gasteiger partial charge in [0, 0.05) is 12.6 Å². The molecule has 1 heteroatoms. The Kier molecular flexibility index (Phi) is 3.85. The Bertz CT molecular complexity index is 609. The van der Waals surface area contributed by atoms with Crippen LogP contribution in [0.15, 0.2) is 54.6 Å². The van der Waals surface area contributed by atoms with E-state index in [0.29, 0.717) is 6.04 Å². The molecule has 0 saturated carbocycles. The molecule has 20 heavy (non-hydrogen) atoms. The highest BCUT2D eigenvalue weighted by Gasteiger charge is 2.26. The molecule has 0 N–H and O–H groups in total. The zero-order valence-electron chi connectivity index (χ0n) is 11.6. The van der Waals surface area contributed by atoms with E-state index in [2.05, 4.69) is 65.4 Å². The van der Waals surface area contributed by atoms with E-state index in [1.165, 1.54) is 16.7 Å². The van der Waals surface area contributed by atoms with Crippen LogP contribution in [0.3, 0.4) is 0 Å². The summed E-state index contributed by atoms with van der Waals surface area (Å²) in [7, 11) is 0. The lowest BCUT2D eigenvalue weighted by molar-refractivity contribution is 0.208. The average Bonchev–Trinajstić information content (AvgIpc) is 2.51. The lowest BCUT2D eigenvalue weighted by atomic mass is 9.89. The second kappa shape index (κ2) is 5.94. The molecule has 0 bridgehead atoms. The molecule has 3 rings (SSSR count). The van der Waals surface area contributed by atoms with Gasteiger partial charge in [-0.3, -0.25) is 4.90 Å². The molecule has 100 valence electrons. The van der Waals surface area contributed by atoms with Crippen molar-refractivity contribution in [3.63, 3.8) is 0 Å². The Hall–Kier alpha value is -2.04. The van der Waals surface area contributed by atoms with Gasteiger partial charge in [-0.15, -0.1) is 6.42 Å². The SMILES string of the molecule is C#CCN1CCc2ccccc2C1Cc1ccccc1. The van der Waals surface area contributed by atoms with Crippen LogP contribution in [-0.4, -0.2) is 18.0 Å². The summed E-state index contributed by atoms with van der Waals surface area (Å²) in [6, 6.07) is 19.9. The van der Waals surface area contributed by atoms with Gasteiger partial charge in [-0.25, -0.2) is 0 Å². The van der Waals surface area contributed by atoms with E-state index in [-0.39, 0.29) is 0 Å². The molecule has 0 amide bonds. The molecule has 1 heterocycles. The first-order valence-electron chi connectivity index (χ1n) is 7.17. The summed E-state index contributed by atoms with van der Waals surface area (Å²) in [5.74, 6) is 2.81. The number of fused-ring (bicyclic) bond motifs is 1. The normalized spacial score (nSPS) is 18.2.